The molecule has 192 valence electrons. The Labute approximate surface area is 203 Å². The maximum absolute atomic E-state index is 13.8. The lowest BCUT2D eigenvalue weighted by molar-refractivity contribution is -0.141. The van der Waals surface area contributed by atoms with Crippen molar-refractivity contribution in [2.24, 2.45) is 23.5 Å². The third kappa shape index (κ3) is 7.09. The Morgan fingerprint density at radius 2 is 1.65 bits per heavy atom. The lowest BCUT2D eigenvalue weighted by atomic mass is 9.83. The molecule has 1 heterocycles. The van der Waals surface area contributed by atoms with Gasteiger partial charge in [-0.25, -0.2) is 4.79 Å². The largest absolute Gasteiger partial charge is 0.447 e. The number of hydrogen-bond donors (Lipinski definition) is 4. The molecule has 0 aromatic rings. The fourth-order valence-electron chi connectivity index (χ4n) is 5.71. The third-order valence-corrected chi connectivity index (χ3v) is 7.62. The van der Waals surface area contributed by atoms with Crippen LogP contribution in [0.2, 0.25) is 0 Å². The van der Waals surface area contributed by atoms with Gasteiger partial charge in [-0.1, -0.05) is 38.5 Å². The zero-order chi connectivity index (χ0) is 24.7. The van der Waals surface area contributed by atoms with Gasteiger partial charge in [0.1, 0.15) is 12.1 Å². The van der Waals surface area contributed by atoms with E-state index in [0.29, 0.717) is 18.9 Å². The molecular formula is C25H43N5O4. The lowest BCUT2D eigenvalue weighted by Crippen LogP contribution is -2.56. The van der Waals surface area contributed by atoms with E-state index in [0.717, 1.165) is 44.9 Å². The molecule has 3 atom stereocenters. The number of carbonyl (C=O) groups excluding carboxylic acids is 3. The van der Waals surface area contributed by atoms with Gasteiger partial charge in [0, 0.05) is 19.0 Å². The van der Waals surface area contributed by atoms with Crippen LogP contribution in [0.1, 0.15) is 84.5 Å². The van der Waals surface area contributed by atoms with Gasteiger partial charge in [-0.2, -0.15) is 0 Å². The summed E-state index contributed by atoms with van der Waals surface area (Å²) in [5, 5.41) is 13.8. The minimum atomic E-state index is -0.745. The minimum absolute atomic E-state index is 0.00305. The van der Waals surface area contributed by atoms with Crippen LogP contribution in [-0.2, 0) is 14.3 Å². The van der Waals surface area contributed by atoms with Crippen molar-refractivity contribution in [3.8, 4) is 0 Å². The molecule has 2 saturated carbocycles. The molecule has 5 N–H and O–H groups in total. The molecule has 3 aliphatic rings. The molecular weight excluding hydrogens is 434 g/mol. The Kier molecular flexibility index (Phi) is 9.59. The van der Waals surface area contributed by atoms with E-state index in [4.69, 9.17) is 15.9 Å². The molecule has 3 amide bonds. The number of nitrogens with two attached hydrogens (primary N) is 1. The Morgan fingerprint density at radius 1 is 1.03 bits per heavy atom. The summed E-state index contributed by atoms with van der Waals surface area (Å²) in [7, 11) is 0. The van der Waals surface area contributed by atoms with Crippen LogP contribution in [-0.4, -0.2) is 59.9 Å². The first-order valence-electron chi connectivity index (χ1n) is 13.2. The Hall–Kier alpha value is -2.32. The highest BCUT2D eigenvalue weighted by molar-refractivity contribution is 5.94. The number of hydrogen-bond acceptors (Lipinski definition) is 5. The molecule has 0 spiro atoms. The summed E-state index contributed by atoms with van der Waals surface area (Å²) in [6, 6.07) is -1.43. The quantitative estimate of drug-likeness (QED) is 0.315. The van der Waals surface area contributed by atoms with Crippen LogP contribution in [0.4, 0.5) is 4.79 Å². The minimum Gasteiger partial charge on any atom is -0.447 e. The zero-order valence-electron chi connectivity index (χ0n) is 20.8. The standard InChI is InChI=1S/C25H43N5O4/c1-16(2)34-25(33)29-21(18-11-7-4-8-12-18)24(32)30-15-19(22(26)27)13-20(30)23(31)28-14-17-9-5-3-6-10-17/h16-21H,3-15H2,1-2H3,(H3,26,27)(H,28,31)(H,29,33)/t19-,20+,21-/m1/s1. The first-order valence-corrected chi connectivity index (χ1v) is 13.2. The van der Waals surface area contributed by atoms with Gasteiger partial charge < -0.3 is 26.0 Å². The number of alkyl carbamates (subject to hydrolysis) is 1. The molecule has 0 unspecified atom stereocenters. The molecule has 0 radical (unpaired) electrons. The van der Waals surface area contributed by atoms with Crippen molar-refractivity contribution in [1.29, 1.82) is 5.41 Å². The van der Waals surface area contributed by atoms with Crippen LogP contribution in [0.3, 0.4) is 0 Å². The number of rotatable bonds is 8. The number of amidine groups is 1. The predicted molar refractivity (Wildman–Crippen MR) is 130 cm³/mol. The highest BCUT2D eigenvalue weighted by Crippen LogP contribution is 2.31. The number of nitrogens with zero attached hydrogens (tertiary/aromatic N) is 1. The van der Waals surface area contributed by atoms with Gasteiger partial charge in [-0.15, -0.1) is 0 Å². The van der Waals surface area contributed by atoms with Gasteiger partial charge in [0.25, 0.3) is 0 Å². The molecule has 0 bridgehead atoms. The van der Waals surface area contributed by atoms with Crippen molar-refractivity contribution in [2.75, 3.05) is 13.1 Å². The molecule has 1 saturated heterocycles. The van der Waals surface area contributed by atoms with Gasteiger partial charge in [0.2, 0.25) is 11.8 Å². The second-order valence-electron chi connectivity index (χ2n) is 10.6. The van der Waals surface area contributed by atoms with E-state index in [1.807, 2.05) is 0 Å². The normalized spacial score (nSPS) is 25.1. The molecule has 9 nitrogen and oxygen atoms in total. The van der Waals surface area contributed by atoms with E-state index in [1.54, 1.807) is 18.7 Å². The second kappa shape index (κ2) is 12.4. The number of amides is 3. The van der Waals surface area contributed by atoms with Crippen LogP contribution in [0, 0.1) is 23.2 Å². The van der Waals surface area contributed by atoms with Crippen molar-refractivity contribution in [2.45, 2.75) is 103 Å². The predicted octanol–water partition coefficient (Wildman–Crippen LogP) is 2.92. The molecule has 9 heteroatoms. The topological polar surface area (TPSA) is 138 Å². The lowest BCUT2D eigenvalue weighted by Gasteiger charge is -2.34. The van der Waals surface area contributed by atoms with Crippen LogP contribution >= 0.6 is 0 Å². The van der Waals surface area contributed by atoms with Gasteiger partial charge in [-0.05, 0) is 57.8 Å². The SMILES string of the molecule is CC(C)OC(=O)N[C@@H](C(=O)N1C[C@H](C(=N)N)C[C@H]1C(=O)NCC1CCCCC1)C1CCCCC1. The van der Waals surface area contributed by atoms with Gasteiger partial charge in [0.05, 0.1) is 11.9 Å². The molecule has 2 aliphatic carbocycles. The van der Waals surface area contributed by atoms with Gasteiger partial charge >= 0.3 is 6.09 Å². The van der Waals surface area contributed by atoms with E-state index in [9.17, 15) is 14.4 Å². The fraction of sp³-hybridized carbons (Fsp3) is 0.840. The first-order chi connectivity index (χ1) is 16.3. The number of likely N-dealkylation sites (tertiary alicyclic amines) is 1. The molecule has 1 aliphatic heterocycles. The maximum atomic E-state index is 13.8. The molecule has 3 rings (SSSR count). The summed E-state index contributed by atoms with van der Waals surface area (Å²) < 4.78 is 5.27. The van der Waals surface area contributed by atoms with Crippen LogP contribution in [0.5, 0.6) is 0 Å². The van der Waals surface area contributed by atoms with Crippen molar-refractivity contribution >= 4 is 23.7 Å². The Balaban J connectivity index is 1.74. The first kappa shape index (κ1) is 26.3. The van der Waals surface area contributed by atoms with E-state index < -0.39 is 18.2 Å². The van der Waals surface area contributed by atoms with E-state index >= 15 is 0 Å². The monoisotopic (exact) mass is 477 g/mol. The summed E-state index contributed by atoms with van der Waals surface area (Å²) >= 11 is 0. The van der Waals surface area contributed by atoms with Crippen molar-refractivity contribution < 1.29 is 19.1 Å². The van der Waals surface area contributed by atoms with Crippen molar-refractivity contribution in [3.05, 3.63) is 0 Å². The summed E-state index contributed by atoms with van der Waals surface area (Å²) in [4.78, 5) is 41.0. The van der Waals surface area contributed by atoms with Gasteiger partial charge in [0.15, 0.2) is 0 Å². The summed E-state index contributed by atoms with van der Waals surface area (Å²) in [5.74, 6) is -0.340. The zero-order valence-corrected chi connectivity index (χ0v) is 20.8. The summed E-state index contributed by atoms with van der Waals surface area (Å²) in [5.41, 5.74) is 5.79. The highest BCUT2D eigenvalue weighted by Gasteiger charge is 2.45. The van der Waals surface area contributed by atoms with E-state index in [2.05, 4.69) is 10.6 Å². The molecule has 0 aromatic carbocycles. The Bertz CT molecular complexity index is 731. The maximum Gasteiger partial charge on any atom is 0.408 e. The average molecular weight is 478 g/mol. The number of nitrogens with one attached hydrogen (secondary N) is 3. The summed E-state index contributed by atoms with van der Waals surface area (Å²) in [6.07, 6.45) is 10.2. The van der Waals surface area contributed by atoms with Crippen LogP contribution in [0.25, 0.3) is 0 Å². The molecule has 0 aromatic heterocycles. The highest BCUT2D eigenvalue weighted by atomic mass is 16.6. The van der Waals surface area contributed by atoms with Gasteiger partial charge in [-0.3, -0.25) is 15.0 Å². The smallest absolute Gasteiger partial charge is 0.408 e. The molecule has 3 fully saturated rings. The molecule has 34 heavy (non-hydrogen) atoms. The second-order valence-corrected chi connectivity index (χ2v) is 10.6. The van der Waals surface area contributed by atoms with Crippen LogP contribution in [0.15, 0.2) is 0 Å². The number of ether oxygens (including phenoxy) is 1. The fourth-order valence-corrected chi connectivity index (χ4v) is 5.71. The third-order valence-electron chi connectivity index (χ3n) is 7.62. The number of carbonyl (C=O) groups is 3. The average Bonchev–Trinajstić information content (AvgIpc) is 3.27. The Morgan fingerprint density at radius 3 is 2.24 bits per heavy atom. The van der Waals surface area contributed by atoms with E-state index in [1.165, 1.54) is 19.3 Å². The van der Waals surface area contributed by atoms with E-state index in [-0.39, 0.29) is 42.1 Å². The van der Waals surface area contributed by atoms with Crippen molar-refractivity contribution in [1.82, 2.24) is 15.5 Å². The van der Waals surface area contributed by atoms with Crippen LogP contribution < -0.4 is 16.4 Å². The van der Waals surface area contributed by atoms with Crippen molar-refractivity contribution in [3.63, 3.8) is 0 Å². The summed E-state index contributed by atoms with van der Waals surface area (Å²) in [6.45, 7) is 4.37.